The number of nitrogens with two attached hydrogens (primary N) is 1. The predicted octanol–water partition coefficient (Wildman–Crippen LogP) is 1.67. The van der Waals surface area contributed by atoms with Crippen molar-refractivity contribution in [3.8, 4) is 0 Å². The fraction of sp³-hybridized carbons (Fsp3) is 0.385. The highest BCUT2D eigenvalue weighted by Gasteiger charge is 2.29. The maximum Gasteiger partial charge on any atom is 0.227 e. The number of nitrogens with zero attached hydrogens (tertiary/aromatic N) is 2. The highest BCUT2D eigenvalue weighted by atomic mass is 19.1. The molecule has 0 saturated carbocycles. The first kappa shape index (κ1) is 14.2. The highest BCUT2D eigenvalue weighted by molar-refractivity contribution is 5.83. The molecule has 0 aliphatic rings. The summed E-state index contributed by atoms with van der Waals surface area (Å²) >= 11 is 0. The van der Waals surface area contributed by atoms with E-state index in [2.05, 4.69) is 10.3 Å². The number of imidazole rings is 1. The van der Waals surface area contributed by atoms with Crippen LogP contribution in [0.4, 0.5) is 14.7 Å². The van der Waals surface area contributed by atoms with Crippen LogP contribution in [0.25, 0.3) is 11.0 Å². The van der Waals surface area contributed by atoms with E-state index in [1.807, 2.05) is 0 Å². The summed E-state index contributed by atoms with van der Waals surface area (Å²) in [5.74, 6) is -1.64. The zero-order valence-electron chi connectivity index (χ0n) is 11.5. The first-order valence-electron chi connectivity index (χ1n) is 6.09. The van der Waals surface area contributed by atoms with Crippen LogP contribution in [0.2, 0.25) is 0 Å². The summed E-state index contributed by atoms with van der Waals surface area (Å²) in [6, 6.07) is 1.91. The molecule has 1 aromatic heterocycles. The van der Waals surface area contributed by atoms with E-state index in [0.717, 1.165) is 12.1 Å². The fourth-order valence-electron chi connectivity index (χ4n) is 2.14. The molecule has 0 radical (unpaired) electrons. The van der Waals surface area contributed by atoms with Gasteiger partial charge in [0, 0.05) is 25.7 Å². The molecule has 1 aromatic carbocycles. The number of carbonyl (C=O) groups excluding carboxylic acids is 1. The van der Waals surface area contributed by atoms with Crippen molar-refractivity contribution in [3.63, 3.8) is 0 Å². The van der Waals surface area contributed by atoms with Gasteiger partial charge in [-0.05, 0) is 13.8 Å². The average molecular weight is 282 g/mol. The molecule has 0 aliphatic carbocycles. The van der Waals surface area contributed by atoms with E-state index in [9.17, 15) is 13.6 Å². The monoisotopic (exact) mass is 282 g/mol. The lowest BCUT2D eigenvalue weighted by Gasteiger charge is -2.23. The van der Waals surface area contributed by atoms with Crippen LogP contribution in [-0.4, -0.2) is 22.5 Å². The number of carbonyl (C=O) groups is 1. The van der Waals surface area contributed by atoms with Gasteiger partial charge in [0.1, 0.15) is 11.3 Å². The molecule has 108 valence electrons. The van der Waals surface area contributed by atoms with Crippen LogP contribution in [0.1, 0.15) is 13.8 Å². The second kappa shape index (κ2) is 4.73. The van der Waals surface area contributed by atoms with E-state index in [-0.39, 0.29) is 29.4 Å². The van der Waals surface area contributed by atoms with Gasteiger partial charge in [-0.1, -0.05) is 0 Å². The van der Waals surface area contributed by atoms with Gasteiger partial charge >= 0.3 is 0 Å². The van der Waals surface area contributed by atoms with Gasteiger partial charge in [0.2, 0.25) is 11.9 Å². The van der Waals surface area contributed by atoms with Crippen molar-refractivity contribution in [1.29, 1.82) is 0 Å². The topological polar surface area (TPSA) is 72.9 Å². The standard InChI is InChI=1S/C13H16F2N4O/c1-13(2,11(20)17-3)6-19-9-5-7(14)4-8(15)10(9)18-12(19)16/h4-5H,6H2,1-3H3,(H2,16,18)(H,17,20). The first-order chi connectivity index (χ1) is 9.26. The van der Waals surface area contributed by atoms with Crippen LogP contribution in [0.5, 0.6) is 0 Å². The Hall–Kier alpha value is -2.18. The number of hydrogen-bond acceptors (Lipinski definition) is 3. The maximum absolute atomic E-state index is 13.6. The predicted molar refractivity (Wildman–Crippen MR) is 71.9 cm³/mol. The molecule has 0 fully saturated rings. The molecule has 1 amide bonds. The Bertz CT molecular complexity index is 679. The molecular weight excluding hydrogens is 266 g/mol. The molecule has 0 bridgehead atoms. The minimum atomic E-state index is -0.792. The lowest BCUT2D eigenvalue weighted by Crippen LogP contribution is -2.37. The normalized spacial score (nSPS) is 11.8. The van der Waals surface area contributed by atoms with Gasteiger partial charge in [-0.2, -0.15) is 0 Å². The van der Waals surface area contributed by atoms with E-state index >= 15 is 0 Å². The Kier molecular flexibility index (Phi) is 3.37. The van der Waals surface area contributed by atoms with Gasteiger partial charge in [0.25, 0.3) is 0 Å². The van der Waals surface area contributed by atoms with E-state index in [1.54, 1.807) is 13.8 Å². The van der Waals surface area contributed by atoms with Crippen molar-refractivity contribution in [2.24, 2.45) is 5.41 Å². The van der Waals surface area contributed by atoms with Gasteiger partial charge in [0.05, 0.1) is 10.9 Å². The molecule has 20 heavy (non-hydrogen) atoms. The summed E-state index contributed by atoms with van der Waals surface area (Å²) in [5, 5.41) is 2.55. The summed E-state index contributed by atoms with van der Waals surface area (Å²) in [6.45, 7) is 3.59. The number of hydrogen-bond donors (Lipinski definition) is 2. The number of benzene rings is 1. The number of anilines is 1. The number of rotatable bonds is 3. The molecule has 1 heterocycles. The summed E-state index contributed by atoms with van der Waals surface area (Å²) in [4.78, 5) is 15.7. The molecule has 2 rings (SSSR count). The Morgan fingerprint density at radius 1 is 1.45 bits per heavy atom. The molecule has 5 nitrogen and oxygen atoms in total. The quantitative estimate of drug-likeness (QED) is 0.899. The number of fused-ring (bicyclic) bond motifs is 1. The second-order valence-electron chi connectivity index (χ2n) is 5.27. The van der Waals surface area contributed by atoms with Crippen LogP contribution in [0.3, 0.4) is 0 Å². The molecule has 0 unspecified atom stereocenters. The van der Waals surface area contributed by atoms with E-state index in [0.29, 0.717) is 0 Å². The molecule has 0 saturated heterocycles. The van der Waals surface area contributed by atoms with Crippen molar-refractivity contribution < 1.29 is 13.6 Å². The molecular formula is C13H16F2N4O. The van der Waals surface area contributed by atoms with E-state index in [4.69, 9.17) is 5.73 Å². The third-order valence-corrected chi connectivity index (χ3v) is 3.20. The smallest absolute Gasteiger partial charge is 0.227 e. The van der Waals surface area contributed by atoms with Crippen LogP contribution in [0, 0.1) is 17.0 Å². The largest absolute Gasteiger partial charge is 0.369 e. The zero-order valence-corrected chi connectivity index (χ0v) is 11.5. The Balaban J connectivity index is 2.55. The lowest BCUT2D eigenvalue weighted by molar-refractivity contribution is -0.129. The van der Waals surface area contributed by atoms with Crippen molar-refractivity contribution in [2.75, 3.05) is 12.8 Å². The van der Waals surface area contributed by atoms with Crippen LogP contribution < -0.4 is 11.1 Å². The van der Waals surface area contributed by atoms with Crippen molar-refractivity contribution in [3.05, 3.63) is 23.8 Å². The summed E-state index contributed by atoms with van der Waals surface area (Å²) < 4.78 is 28.4. The third kappa shape index (κ3) is 2.31. The van der Waals surface area contributed by atoms with Crippen molar-refractivity contribution in [2.45, 2.75) is 20.4 Å². The fourth-order valence-corrected chi connectivity index (χ4v) is 2.14. The molecule has 2 aromatic rings. The van der Waals surface area contributed by atoms with E-state index < -0.39 is 17.0 Å². The Labute approximate surface area is 114 Å². The molecule has 7 heteroatoms. The van der Waals surface area contributed by atoms with Gasteiger partial charge in [-0.3, -0.25) is 4.79 Å². The Morgan fingerprint density at radius 2 is 2.10 bits per heavy atom. The molecule has 0 aliphatic heterocycles. The van der Waals surface area contributed by atoms with Gasteiger partial charge in [-0.25, -0.2) is 13.8 Å². The van der Waals surface area contributed by atoms with Crippen molar-refractivity contribution >= 4 is 22.9 Å². The summed E-state index contributed by atoms with van der Waals surface area (Å²) in [7, 11) is 1.53. The SMILES string of the molecule is CNC(=O)C(C)(C)Cn1c(N)nc2c(F)cc(F)cc21. The first-order valence-corrected chi connectivity index (χ1v) is 6.09. The number of amides is 1. The second-order valence-corrected chi connectivity index (χ2v) is 5.27. The Morgan fingerprint density at radius 3 is 2.70 bits per heavy atom. The molecule has 3 N–H and O–H groups in total. The van der Waals surface area contributed by atoms with Gasteiger partial charge in [0.15, 0.2) is 5.82 Å². The van der Waals surface area contributed by atoms with Crippen LogP contribution >= 0.6 is 0 Å². The van der Waals surface area contributed by atoms with Crippen LogP contribution in [0.15, 0.2) is 12.1 Å². The van der Waals surface area contributed by atoms with E-state index in [1.165, 1.54) is 11.6 Å². The van der Waals surface area contributed by atoms with Crippen LogP contribution in [-0.2, 0) is 11.3 Å². The van der Waals surface area contributed by atoms with Crippen molar-refractivity contribution in [1.82, 2.24) is 14.9 Å². The summed E-state index contributed by atoms with van der Waals surface area (Å²) in [5.41, 5.74) is 5.19. The number of nitrogen functional groups attached to an aromatic ring is 1. The molecule has 0 spiro atoms. The van der Waals surface area contributed by atoms with Gasteiger partial charge in [-0.15, -0.1) is 0 Å². The third-order valence-electron chi connectivity index (χ3n) is 3.20. The molecule has 0 atom stereocenters. The summed E-state index contributed by atoms with van der Waals surface area (Å²) in [6.07, 6.45) is 0. The minimum Gasteiger partial charge on any atom is -0.369 e. The van der Waals surface area contributed by atoms with Gasteiger partial charge < -0.3 is 15.6 Å². The number of aromatic nitrogens is 2. The minimum absolute atomic E-state index is 0.00314. The lowest BCUT2D eigenvalue weighted by atomic mass is 9.92. The average Bonchev–Trinajstić information content (AvgIpc) is 2.66. The highest BCUT2D eigenvalue weighted by Crippen LogP contribution is 2.27. The zero-order chi connectivity index (χ0) is 15.1. The maximum atomic E-state index is 13.6. The number of halogens is 2. The number of nitrogens with one attached hydrogen (secondary N) is 1.